The number of carbonyl (C=O) groups excluding carboxylic acids is 2. The van der Waals surface area contributed by atoms with Crippen LogP contribution in [0.25, 0.3) is 0 Å². The van der Waals surface area contributed by atoms with Gasteiger partial charge in [-0.3, -0.25) is 4.90 Å². The number of rotatable bonds is 11. The molecule has 0 heterocycles. The molecule has 0 unspecified atom stereocenters. The maximum absolute atomic E-state index is 11.1. The fourth-order valence-electron chi connectivity index (χ4n) is 1.93. The second kappa shape index (κ2) is 15.8. The Hall–Kier alpha value is -1.66. The average Bonchev–Trinajstić information content (AvgIpc) is 2.54. The number of unbranched alkanes of at least 4 members (excludes halogenated alkanes) is 1. The first-order chi connectivity index (χ1) is 11.7. The Morgan fingerprint density at radius 3 is 2.04 bits per heavy atom. The summed E-state index contributed by atoms with van der Waals surface area (Å²) in [6.07, 6.45) is 2.50. The van der Waals surface area contributed by atoms with Crippen LogP contribution in [0.4, 0.5) is 0 Å². The molecule has 0 aromatic heterocycles. The molecule has 0 saturated heterocycles. The first kappa shape index (κ1) is 25.6. The van der Waals surface area contributed by atoms with Crippen molar-refractivity contribution < 1.29 is 24.2 Å². The van der Waals surface area contributed by atoms with Gasteiger partial charge in [-0.15, -0.1) is 0 Å². The van der Waals surface area contributed by atoms with Crippen molar-refractivity contribution in [3.05, 3.63) is 24.8 Å². The Labute approximate surface area is 152 Å². The molecule has 0 amide bonds. The Balaban J connectivity index is 0. The quantitative estimate of drug-likeness (QED) is 0.348. The van der Waals surface area contributed by atoms with E-state index in [1.54, 1.807) is 6.92 Å². The number of hydrogen-bond acceptors (Lipinski definition) is 6. The summed E-state index contributed by atoms with van der Waals surface area (Å²) >= 11 is 0. The minimum Gasteiger partial charge on any atom is -0.463 e. The maximum atomic E-state index is 11.1. The van der Waals surface area contributed by atoms with Gasteiger partial charge in [0.05, 0.1) is 6.61 Å². The van der Waals surface area contributed by atoms with Crippen molar-refractivity contribution in [3.8, 4) is 0 Å². The second-order valence-electron chi connectivity index (χ2n) is 6.14. The van der Waals surface area contributed by atoms with Gasteiger partial charge < -0.3 is 14.6 Å². The fraction of sp³-hybridized carbons (Fsp3) is 0.684. The van der Waals surface area contributed by atoms with Crippen LogP contribution in [0.15, 0.2) is 24.8 Å². The number of esters is 2. The van der Waals surface area contributed by atoms with Crippen molar-refractivity contribution in [1.82, 2.24) is 4.90 Å². The minimum absolute atomic E-state index is 0.144. The molecule has 6 nitrogen and oxygen atoms in total. The monoisotopic (exact) mass is 357 g/mol. The molecule has 0 aromatic carbocycles. The zero-order valence-corrected chi connectivity index (χ0v) is 16.4. The number of aliphatic hydroxyl groups excluding tert-OH is 1. The van der Waals surface area contributed by atoms with Crippen molar-refractivity contribution in [3.63, 3.8) is 0 Å². The predicted molar refractivity (Wildman–Crippen MR) is 100 cm³/mol. The molecule has 0 aliphatic carbocycles. The lowest BCUT2D eigenvalue weighted by molar-refractivity contribution is -0.140. The Bertz CT molecular complexity index is 397. The third-order valence-electron chi connectivity index (χ3n) is 3.22. The lowest BCUT2D eigenvalue weighted by atomic mass is 10.2. The normalized spacial score (nSPS) is 10.3. The van der Waals surface area contributed by atoms with E-state index >= 15 is 0 Å². The Morgan fingerprint density at radius 1 is 1.08 bits per heavy atom. The van der Waals surface area contributed by atoms with Gasteiger partial charge in [0, 0.05) is 36.9 Å². The Kier molecular flexibility index (Phi) is 16.2. The molecule has 0 saturated carbocycles. The van der Waals surface area contributed by atoms with Gasteiger partial charge >= 0.3 is 11.9 Å². The van der Waals surface area contributed by atoms with Crippen LogP contribution >= 0.6 is 0 Å². The van der Waals surface area contributed by atoms with Gasteiger partial charge in [0.2, 0.25) is 0 Å². The van der Waals surface area contributed by atoms with Crippen LogP contribution in [0, 0.1) is 0 Å². The molecule has 0 spiro atoms. The van der Waals surface area contributed by atoms with Gasteiger partial charge in [-0.05, 0) is 47.5 Å². The van der Waals surface area contributed by atoms with Crippen molar-refractivity contribution in [1.29, 1.82) is 0 Å². The molecule has 0 aliphatic heterocycles. The molecule has 0 atom stereocenters. The molecular formula is C19H35NO5. The van der Waals surface area contributed by atoms with Gasteiger partial charge in [0.1, 0.15) is 6.61 Å². The Morgan fingerprint density at radius 2 is 1.64 bits per heavy atom. The molecule has 1 N–H and O–H groups in total. The predicted octanol–water partition coefficient (Wildman–Crippen LogP) is 2.71. The van der Waals surface area contributed by atoms with Crippen LogP contribution in [0.3, 0.4) is 0 Å². The molecule has 0 fully saturated rings. The summed E-state index contributed by atoms with van der Waals surface area (Å²) < 4.78 is 9.68. The molecule has 0 bridgehead atoms. The average molecular weight is 357 g/mol. The lowest BCUT2D eigenvalue weighted by Gasteiger charge is -2.30. The number of nitrogens with zero attached hydrogens (tertiary/aromatic N) is 1. The molecule has 25 heavy (non-hydrogen) atoms. The summed E-state index contributed by atoms with van der Waals surface area (Å²) in [6.45, 7) is 18.7. The molecule has 0 aromatic rings. The number of hydrogen-bond donors (Lipinski definition) is 1. The van der Waals surface area contributed by atoms with Gasteiger partial charge in [-0.1, -0.05) is 13.2 Å². The number of carbonyl (C=O) groups is 2. The molecule has 0 rings (SSSR count). The summed E-state index contributed by atoms with van der Waals surface area (Å²) in [5.41, 5.74) is 0.454. The lowest BCUT2D eigenvalue weighted by Crippen LogP contribution is -2.39. The molecule has 146 valence electrons. The zero-order chi connectivity index (χ0) is 19.8. The molecule has 0 radical (unpaired) electrons. The van der Waals surface area contributed by atoms with Crippen LogP contribution < -0.4 is 0 Å². The first-order valence-corrected chi connectivity index (χ1v) is 8.65. The van der Waals surface area contributed by atoms with Crippen LogP contribution in [-0.4, -0.2) is 60.4 Å². The van der Waals surface area contributed by atoms with Gasteiger partial charge in [0.25, 0.3) is 0 Å². The highest BCUT2D eigenvalue weighted by molar-refractivity contribution is 5.86. The van der Waals surface area contributed by atoms with E-state index in [9.17, 15) is 9.59 Å². The first-order valence-electron chi connectivity index (χ1n) is 8.65. The number of aliphatic hydroxyl groups is 1. The molecular weight excluding hydrogens is 322 g/mol. The standard InChI is InChI=1S/C12H23NO2.C7H12O3/c1-9(2)12(14)15-8-7-13(10(3)4)11(5)6;1-2-7(9)10-6-4-3-5-8/h10-11H,1,7-8H2,2-6H3;2,8H,1,3-6H2. The zero-order valence-electron chi connectivity index (χ0n) is 16.4. The van der Waals surface area contributed by atoms with Crippen molar-refractivity contribution in [2.75, 3.05) is 26.4 Å². The fourth-order valence-corrected chi connectivity index (χ4v) is 1.93. The number of ether oxygens (including phenoxy) is 2. The summed E-state index contributed by atoms with van der Waals surface area (Å²) in [4.78, 5) is 23.8. The summed E-state index contributed by atoms with van der Waals surface area (Å²) in [6, 6.07) is 0.932. The SMILES string of the molecule is C=C(C)C(=O)OCCN(C(C)C)C(C)C.C=CC(=O)OCCCCO. The third kappa shape index (κ3) is 15.6. The van der Waals surface area contributed by atoms with Gasteiger partial charge in [-0.25, -0.2) is 9.59 Å². The van der Waals surface area contributed by atoms with Crippen LogP contribution in [0.5, 0.6) is 0 Å². The van der Waals surface area contributed by atoms with Crippen molar-refractivity contribution in [2.45, 2.75) is 59.5 Å². The van der Waals surface area contributed by atoms with E-state index in [1.165, 1.54) is 0 Å². The van der Waals surface area contributed by atoms with E-state index < -0.39 is 5.97 Å². The largest absolute Gasteiger partial charge is 0.463 e. The summed E-state index contributed by atoms with van der Waals surface area (Å²) in [5, 5.41) is 8.33. The van der Waals surface area contributed by atoms with E-state index in [0.29, 0.717) is 43.7 Å². The molecule has 0 aliphatic rings. The summed E-state index contributed by atoms with van der Waals surface area (Å²) in [5.74, 6) is -0.708. The topological polar surface area (TPSA) is 76.1 Å². The minimum atomic E-state index is -0.405. The van der Waals surface area contributed by atoms with Crippen LogP contribution in [-0.2, 0) is 19.1 Å². The van der Waals surface area contributed by atoms with E-state index in [2.05, 4.69) is 50.5 Å². The third-order valence-corrected chi connectivity index (χ3v) is 3.22. The summed E-state index contributed by atoms with van der Waals surface area (Å²) in [7, 11) is 0. The van der Waals surface area contributed by atoms with Gasteiger partial charge in [-0.2, -0.15) is 0 Å². The van der Waals surface area contributed by atoms with Crippen molar-refractivity contribution in [2.24, 2.45) is 0 Å². The van der Waals surface area contributed by atoms with Crippen molar-refractivity contribution >= 4 is 11.9 Å². The maximum Gasteiger partial charge on any atom is 0.333 e. The smallest absolute Gasteiger partial charge is 0.333 e. The van der Waals surface area contributed by atoms with E-state index in [4.69, 9.17) is 9.84 Å². The van der Waals surface area contributed by atoms with Crippen LogP contribution in [0.2, 0.25) is 0 Å². The van der Waals surface area contributed by atoms with Gasteiger partial charge in [0.15, 0.2) is 0 Å². The van der Waals surface area contributed by atoms with E-state index in [0.717, 1.165) is 12.6 Å². The highest BCUT2D eigenvalue weighted by atomic mass is 16.5. The van der Waals surface area contributed by atoms with Crippen LogP contribution in [0.1, 0.15) is 47.5 Å². The van der Waals surface area contributed by atoms with E-state index in [-0.39, 0.29) is 12.6 Å². The highest BCUT2D eigenvalue weighted by Gasteiger charge is 2.13. The van der Waals surface area contributed by atoms with E-state index in [1.807, 2.05) is 0 Å². The molecule has 6 heteroatoms. The highest BCUT2D eigenvalue weighted by Crippen LogP contribution is 2.04. The second-order valence-corrected chi connectivity index (χ2v) is 6.14.